The maximum Gasteiger partial charge on any atom is 0.313 e. The van der Waals surface area contributed by atoms with E-state index in [0.29, 0.717) is 0 Å². The molecule has 4 nitrogen and oxygen atoms in total. The molecule has 3 rings (SSSR count). The number of benzene rings is 1. The lowest BCUT2D eigenvalue weighted by atomic mass is 10.1. The van der Waals surface area contributed by atoms with E-state index in [0.717, 1.165) is 38.2 Å². The summed E-state index contributed by atoms with van der Waals surface area (Å²) in [4.78, 5) is 14.2. The van der Waals surface area contributed by atoms with Crippen molar-refractivity contribution in [3.63, 3.8) is 0 Å². The summed E-state index contributed by atoms with van der Waals surface area (Å²) in [6.07, 6.45) is 2.01. The second kappa shape index (κ2) is 5.09. The number of hydrogen-bond acceptors (Lipinski definition) is 4. The highest BCUT2D eigenvalue weighted by Gasteiger charge is 2.52. The van der Waals surface area contributed by atoms with Crippen molar-refractivity contribution in [2.75, 3.05) is 20.2 Å². The number of carbonyl (C=O) groups excluding carboxylic acids is 1. The van der Waals surface area contributed by atoms with Gasteiger partial charge < -0.3 is 9.47 Å². The topological polar surface area (TPSA) is 38.8 Å². The van der Waals surface area contributed by atoms with Gasteiger partial charge in [0.15, 0.2) is 0 Å². The molecule has 1 atom stereocenters. The minimum absolute atomic E-state index is 0.0661. The zero-order valence-corrected chi connectivity index (χ0v) is 12.1. The summed E-state index contributed by atoms with van der Waals surface area (Å²) >= 11 is 0. The third-order valence-electron chi connectivity index (χ3n) is 4.21. The molecule has 1 aromatic rings. The fourth-order valence-electron chi connectivity index (χ4n) is 3.02. The summed E-state index contributed by atoms with van der Waals surface area (Å²) in [6.45, 7) is 4.52. The Bertz CT molecular complexity index is 510. The molecule has 1 aromatic carbocycles. The average Bonchev–Trinajstić information content (AvgIpc) is 3.21. The Labute approximate surface area is 119 Å². The SMILES string of the molecule is COC(=O)C1(CN2Cc3ccccc3OC(C)C2)CC1. The van der Waals surface area contributed by atoms with Gasteiger partial charge in [-0.3, -0.25) is 9.69 Å². The minimum Gasteiger partial charge on any atom is -0.489 e. The van der Waals surface area contributed by atoms with Crippen LogP contribution in [-0.4, -0.2) is 37.2 Å². The first-order valence-corrected chi connectivity index (χ1v) is 7.18. The lowest BCUT2D eigenvalue weighted by molar-refractivity contribution is -0.148. The van der Waals surface area contributed by atoms with Gasteiger partial charge >= 0.3 is 5.97 Å². The first-order valence-electron chi connectivity index (χ1n) is 7.18. The number of methoxy groups -OCH3 is 1. The van der Waals surface area contributed by atoms with Gasteiger partial charge in [-0.2, -0.15) is 0 Å². The molecule has 20 heavy (non-hydrogen) atoms. The molecule has 1 unspecified atom stereocenters. The number of rotatable bonds is 3. The van der Waals surface area contributed by atoms with Crippen LogP contribution < -0.4 is 4.74 Å². The third kappa shape index (κ3) is 2.52. The molecule has 4 heteroatoms. The smallest absolute Gasteiger partial charge is 0.313 e. The van der Waals surface area contributed by atoms with Gasteiger partial charge in [0, 0.05) is 25.2 Å². The molecule has 108 valence electrons. The number of hydrogen-bond donors (Lipinski definition) is 0. The second-order valence-corrected chi connectivity index (χ2v) is 5.98. The summed E-state index contributed by atoms with van der Waals surface area (Å²) in [5.41, 5.74) is 0.922. The molecule has 0 bridgehead atoms. The van der Waals surface area contributed by atoms with E-state index < -0.39 is 0 Å². The van der Waals surface area contributed by atoms with Crippen LogP contribution in [0.4, 0.5) is 0 Å². The normalized spacial score (nSPS) is 24.2. The number of esters is 1. The van der Waals surface area contributed by atoms with E-state index in [4.69, 9.17) is 9.47 Å². The first-order chi connectivity index (χ1) is 9.63. The Balaban J connectivity index is 1.76. The summed E-state index contributed by atoms with van der Waals surface area (Å²) in [6, 6.07) is 8.14. The van der Waals surface area contributed by atoms with Crippen LogP contribution in [0.3, 0.4) is 0 Å². The van der Waals surface area contributed by atoms with Crippen LogP contribution in [0.25, 0.3) is 0 Å². The van der Waals surface area contributed by atoms with Crippen LogP contribution in [0.5, 0.6) is 5.75 Å². The van der Waals surface area contributed by atoms with E-state index in [9.17, 15) is 4.79 Å². The van der Waals surface area contributed by atoms with Crippen LogP contribution in [0.2, 0.25) is 0 Å². The van der Waals surface area contributed by atoms with E-state index in [1.54, 1.807) is 0 Å². The van der Waals surface area contributed by atoms with E-state index in [-0.39, 0.29) is 17.5 Å². The monoisotopic (exact) mass is 275 g/mol. The minimum atomic E-state index is -0.270. The van der Waals surface area contributed by atoms with Crippen molar-refractivity contribution >= 4 is 5.97 Å². The van der Waals surface area contributed by atoms with Gasteiger partial charge in [-0.25, -0.2) is 0 Å². The molecule has 0 radical (unpaired) electrons. The second-order valence-electron chi connectivity index (χ2n) is 5.98. The van der Waals surface area contributed by atoms with Gasteiger partial charge in [0.2, 0.25) is 0 Å². The van der Waals surface area contributed by atoms with Crippen molar-refractivity contribution in [1.29, 1.82) is 0 Å². The predicted molar refractivity (Wildman–Crippen MR) is 75.5 cm³/mol. The highest BCUT2D eigenvalue weighted by molar-refractivity contribution is 5.80. The molecule has 0 N–H and O–H groups in total. The summed E-state index contributed by atoms with van der Waals surface area (Å²) < 4.78 is 10.9. The number of ether oxygens (including phenoxy) is 2. The predicted octanol–water partition coefficient (Wildman–Crippen LogP) is 2.22. The standard InChI is InChI=1S/C16H21NO3/c1-12-9-17(11-16(7-8-16)15(18)19-2)10-13-5-3-4-6-14(13)20-12/h3-6,12H,7-11H2,1-2H3. The molecule has 0 spiro atoms. The molecule has 1 aliphatic heterocycles. The molecular formula is C16H21NO3. The Morgan fingerprint density at radius 2 is 2.20 bits per heavy atom. The Morgan fingerprint density at radius 3 is 2.90 bits per heavy atom. The van der Waals surface area contributed by atoms with Crippen LogP contribution >= 0.6 is 0 Å². The fraction of sp³-hybridized carbons (Fsp3) is 0.562. The molecule has 0 amide bonds. The highest BCUT2D eigenvalue weighted by atomic mass is 16.5. The summed E-state index contributed by atoms with van der Waals surface area (Å²) in [5, 5.41) is 0. The van der Waals surface area contributed by atoms with E-state index in [2.05, 4.69) is 17.9 Å². The van der Waals surface area contributed by atoms with E-state index in [1.165, 1.54) is 12.7 Å². The number of para-hydroxylation sites is 1. The Kier molecular flexibility index (Phi) is 3.42. The van der Waals surface area contributed by atoms with Crippen LogP contribution in [0.15, 0.2) is 24.3 Å². The highest BCUT2D eigenvalue weighted by Crippen LogP contribution is 2.47. The van der Waals surface area contributed by atoms with Gasteiger partial charge in [0.05, 0.1) is 12.5 Å². The molecule has 1 aliphatic carbocycles. The maximum absolute atomic E-state index is 11.9. The maximum atomic E-state index is 11.9. The quantitative estimate of drug-likeness (QED) is 0.793. The van der Waals surface area contributed by atoms with E-state index in [1.807, 2.05) is 18.2 Å². The van der Waals surface area contributed by atoms with Crippen LogP contribution in [0, 0.1) is 5.41 Å². The largest absolute Gasteiger partial charge is 0.489 e. The van der Waals surface area contributed by atoms with Gasteiger partial charge in [0.25, 0.3) is 0 Å². The third-order valence-corrected chi connectivity index (χ3v) is 4.21. The molecule has 1 saturated carbocycles. The van der Waals surface area contributed by atoms with Crippen molar-refractivity contribution in [3.05, 3.63) is 29.8 Å². The molecule has 0 aromatic heterocycles. The molecule has 1 heterocycles. The Hall–Kier alpha value is -1.55. The lowest BCUT2D eigenvalue weighted by Gasteiger charge is -2.25. The van der Waals surface area contributed by atoms with Crippen LogP contribution in [0.1, 0.15) is 25.3 Å². The van der Waals surface area contributed by atoms with Crippen molar-refractivity contribution in [3.8, 4) is 5.75 Å². The van der Waals surface area contributed by atoms with Crippen LogP contribution in [-0.2, 0) is 16.1 Å². The molecule has 0 saturated heterocycles. The van der Waals surface area contributed by atoms with Gasteiger partial charge in [-0.1, -0.05) is 18.2 Å². The molecular weight excluding hydrogens is 254 g/mol. The van der Waals surface area contributed by atoms with E-state index >= 15 is 0 Å². The number of fused-ring (bicyclic) bond motifs is 1. The van der Waals surface area contributed by atoms with Crippen molar-refractivity contribution in [1.82, 2.24) is 4.90 Å². The first kappa shape index (κ1) is 13.4. The number of nitrogens with zero attached hydrogens (tertiary/aromatic N) is 1. The molecule has 1 fully saturated rings. The average molecular weight is 275 g/mol. The van der Waals surface area contributed by atoms with Crippen molar-refractivity contribution in [2.45, 2.75) is 32.4 Å². The summed E-state index contributed by atoms with van der Waals surface area (Å²) in [5.74, 6) is 0.897. The zero-order chi connectivity index (χ0) is 14.2. The lowest BCUT2D eigenvalue weighted by Crippen LogP contribution is -2.38. The van der Waals surface area contributed by atoms with Gasteiger partial charge in [0.1, 0.15) is 11.9 Å². The van der Waals surface area contributed by atoms with Gasteiger partial charge in [-0.15, -0.1) is 0 Å². The molecule has 2 aliphatic rings. The number of carbonyl (C=O) groups is 1. The fourth-order valence-corrected chi connectivity index (χ4v) is 3.02. The van der Waals surface area contributed by atoms with Crippen molar-refractivity contribution < 1.29 is 14.3 Å². The van der Waals surface area contributed by atoms with Crippen molar-refractivity contribution in [2.24, 2.45) is 5.41 Å². The summed E-state index contributed by atoms with van der Waals surface area (Å²) in [7, 11) is 1.48. The Morgan fingerprint density at radius 1 is 1.45 bits per heavy atom. The zero-order valence-electron chi connectivity index (χ0n) is 12.1. The van der Waals surface area contributed by atoms with Gasteiger partial charge in [-0.05, 0) is 25.8 Å².